The summed E-state index contributed by atoms with van der Waals surface area (Å²) in [6.07, 6.45) is 1.63. The van der Waals surface area contributed by atoms with E-state index in [0.29, 0.717) is 12.5 Å². The van der Waals surface area contributed by atoms with Gasteiger partial charge in [-0.15, -0.1) is 0 Å². The minimum atomic E-state index is -0.495. The van der Waals surface area contributed by atoms with Crippen LogP contribution in [0.15, 0.2) is 41.0 Å². The molecule has 0 unspecified atom stereocenters. The fourth-order valence-electron chi connectivity index (χ4n) is 2.73. The number of aromatic nitrogens is 1. The van der Waals surface area contributed by atoms with E-state index in [1.807, 2.05) is 32.9 Å². The summed E-state index contributed by atoms with van der Waals surface area (Å²) in [6, 6.07) is 9.95. The van der Waals surface area contributed by atoms with Gasteiger partial charge in [-0.3, -0.25) is 9.69 Å². The number of nitrogens with zero attached hydrogens (tertiary/aromatic N) is 2. The number of benzene rings is 1. The van der Waals surface area contributed by atoms with Crippen molar-refractivity contribution < 1.29 is 9.21 Å². The molecule has 1 aromatic carbocycles. The lowest BCUT2D eigenvalue weighted by molar-refractivity contribution is -0.126. The van der Waals surface area contributed by atoms with Crippen molar-refractivity contribution in [3.63, 3.8) is 0 Å². The van der Waals surface area contributed by atoms with Gasteiger partial charge in [-0.05, 0) is 29.7 Å². The van der Waals surface area contributed by atoms with Crippen LogP contribution < -0.4 is 4.90 Å². The SMILES string of the molecule is CC(C)c1cccc2sc(N(Cc3ccco3)C(=O)C(C)(C)C)nc12. The zero-order chi connectivity index (χ0) is 18.2. The van der Waals surface area contributed by atoms with Crippen molar-refractivity contribution in [3.05, 3.63) is 47.9 Å². The van der Waals surface area contributed by atoms with Crippen LogP contribution in [-0.2, 0) is 11.3 Å². The maximum atomic E-state index is 13.0. The van der Waals surface area contributed by atoms with Gasteiger partial charge in [0.15, 0.2) is 5.13 Å². The largest absolute Gasteiger partial charge is 0.467 e. The average Bonchev–Trinajstić information content (AvgIpc) is 3.19. The van der Waals surface area contributed by atoms with Crippen LogP contribution in [0.1, 0.15) is 51.9 Å². The normalized spacial score (nSPS) is 12.1. The second-order valence-electron chi connectivity index (χ2n) is 7.57. The highest BCUT2D eigenvalue weighted by Crippen LogP contribution is 2.35. The molecule has 0 radical (unpaired) electrons. The predicted molar refractivity (Wildman–Crippen MR) is 103 cm³/mol. The Morgan fingerprint density at radius 3 is 2.60 bits per heavy atom. The number of amides is 1. The first-order valence-corrected chi connectivity index (χ1v) is 9.33. The van der Waals surface area contributed by atoms with E-state index in [0.717, 1.165) is 21.1 Å². The summed E-state index contributed by atoms with van der Waals surface area (Å²) < 4.78 is 6.57. The Bertz CT molecular complexity index is 873. The van der Waals surface area contributed by atoms with Gasteiger partial charge in [-0.25, -0.2) is 4.98 Å². The highest BCUT2D eigenvalue weighted by atomic mass is 32.1. The third kappa shape index (κ3) is 3.61. The molecule has 1 amide bonds. The molecule has 0 atom stereocenters. The molecule has 0 saturated heterocycles. The summed E-state index contributed by atoms with van der Waals surface area (Å²) in [5.41, 5.74) is 1.70. The minimum Gasteiger partial charge on any atom is -0.467 e. The van der Waals surface area contributed by atoms with Gasteiger partial charge in [-0.2, -0.15) is 0 Å². The monoisotopic (exact) mass is 356 g/mol. The summed E-state index contributed by atoms with van der Waals surface area (Å²) in [6.45, 7) is 10.5. The Morgan fingerprint density at radius 1 is 1.24 bits per heavy atom. The van der Waals surface area contributed by atoms with Crippen molar-refractivity contribution in [3.8, 4) is 0 Å². The first kappa shape index (κ1) is 17.7. The molecule has 4 nitrogen and oxygen atoms in total. The first-order chi connectivity index (χ1) is 11.8. The molecule has 0 saturated carbocycles. The number of furan rings is 1. The lowest BCUT2D eigenvalue weighted by atomic mass is 9.95. The van der Waals surface area contributed by atoms with E-state index >= 15 is 0 Å². The van der Waals surface area contributed by atoms with Crippen molar-refractivity contribution >= 4 is 32.6 Å². The summed E-state index contributed by atoms with van der Waals surface area (Å²) >= 11 is 1.56. The van der Waals surface area contributed by atoms with Crippen LogP contribution in [0.2, 0.25) is 0 Å². The van der Waals surface area contributed by atoms with E-state index in [4.69, 9.17) is 9.40 Å². The summed E-state index contributed by atoms with van der Waals surface area (Å²) in [4.78, 5) is 19.6. The van der Waals surface area contributed by atoms with Gasteiger partial charge in [0.1, 0.15) is 5.76 Å². The number of anilines is 1. The number of para-hydroxylation sites is 1. The molecular formula is C20H24N2O2S. The van der Waals surface area contributed by atoms with E-state index < -0.39 is 5.41 Å². The Morgan fingerprint density at radius 2 is 2.00 bits per heavy atom. The number of hydrogen-bond acceptors (Lipinski definition) is 4. The quantitative estimate of drug-likeness (QED) is 0.612. The molecule has 0 spiro atoms. The molecule has 3 aromatic rings. The van der Waals surface area contributed by atoms with E-state index in [9.17, 15) is 4.79 Å². The maximum absolute atomic E-state index is 13.0. The molecule has 0 aliphatic carbocycles. The van der Waals surface area contributed by atoms with Gasteiger partial charge >= 0.3 is 0 Å². The third-order valence-corrected chi connectivity index (χ3v) is 5.12. The zero-order valence-electron chi connectivity index (χ0n) is 15.4. The minimum absolute atomic E-state index is 0.0362. The van der Waals surface area contributed by atoms with E-state index in [2.05, 4.69) is 32.0 Å². The number of fused-ring (bicyclic) bond motifs is 1. The van der Waals surface area contributed by atoms with Crippen LogP contribution in [0.5, 0.6) is 0 Å². The van der Waals surface area contributed by atoms with Gasteiger partial charge in [0.25, 0.3) is 0 Å². The molecule has 2 heterocycles. The van der Waals surface area contributed by atoms with Crippen LogP contribution in [-0.4, -0.2) is 10.9 Å². The van der Waals surface area contributed by atoms with E-state index in [1.165, 1.54) is 5.56 Å². The third-order valence-electron chi connectivity index (χ3n) is 4.07. The van der Waals surface area contributed by atoms with Gasteiger partial charge in [-0.1, -0.05) is 58.1 Å². The van der Waals surface area contributed by atoms with Crippen LogP contribution in [0.3, 0.4) is 0 Å². The van der Waals surface area contributed by atoms with Gasteiger partial charge in [0.05, 0.1) is 23.0 Å². The smallest absolute Gasteiger partial charge is 0.234 e. The van der Waals surface area contributed by atoms with Crippen molar-refractivity contribution in [2.45, 2.75) is 47.1 Å². The summed E-state index contributed by atoms with van der Waals surface area (Å²) in [5.74, 6) is 1.17. The Kier molecular flexibility index (Phi) is 4.69. The topological polar surface area (TPSA) is 46.3 Å². The number of hydrogen-bond donors (Lipinski definition) is 0. The number of carbonyl (C=O) groups is 1. The fraction of sp³-hybridized carbons (Fsp3) is 0.400. The molecule has 2 aromatic heterocycles. The lowest BCUT2D eigenvalue weighted by Gasteiger charge is -2.26. The zero-order valence-corrected chi connectivity index (χ0v) is 16.2. The Labute approximate surface area is 152 Å². The second-order valence-corrected chi connectivity index (χ2v) is 8.57. The number of thiazole rings is 1. The van der Waals surface area contributed by atoms with Crippen LogP contribution >= 0.6 is 11.3 Å². The molecule has 25 heavy (non-hydrogen) atoms. The first-order valence-electron chi connectivity index (χ1n) is 8.51. The van der Waals surface area contributed by atoms with E-state index in [1.54, 1.807) is 22.5 Å². The molecule has 0 aliphatic rings. The van der Waals surface area contributed by atoms with E-state index in [-0.39, 0.29) is 5.91 Å². The molecule has 0 fully saturated rings. The fourth-order valence-corrected chi connectivity index (χ4v) is 3.73. The average molecular weight is 356 g/mol. The molecular weight excluding hydrogens is 332 g/mol. The van der Waals surface area contributed by atoms with Crippen LogP contribution in [0, 0.1) is 5.41 Å². The molecule has 3 rings (SSSR count). The van der Waals surface area contributed by atoms with Crippen LogP contribution in [0.25, 0.3) is 10.2 Å². The van der Waals surface area contributed by atoms with Crippen LogP contribution in [0.4, 0.5) is 5.13 Å². The molecule has 0 N–H and O–H groups in total. The number of rotatable bonds is 4. The van der Waals surface area contributed by atoms with Gasteiger partial charge in [0.2, 0.25) is 5.91 Å². The molecule has 132 valence electrons. The maximum Gasteiger partial charge on any atom is 0.234 e. The predicted octanol–water partition coefficient (Wildman–Crippen LogP) is 5.59. The summed E-state index contributed by atoms with van der Waals surface area (Å²) in [7, 11) is 0. The molecule has 0 bridgehead atoms. The highest BCUT2D eigenvalue weighted by Gasteiger charge is 2.31. The van der Waals surface area contributed by atoms with Crippen molar-refractivity contribution in [1.82, 2.24) is 4.98 Å². The van der Waals surface area contributed by atoms with Gasteiger partial charge < -0.3 is 4.42 Å². The molecule has 5 heteroatoms. The highest BCUT2D eigenvalue weighted by molar-refractivity contribution is 7.22. The Hall–Kier alpha value is -2.14. The lowest BCUT2D eigenvalue weighted by Crippen LogP contribution is -2.39. The van der Waals surface area contributed by atoms with Gasteiger partial charge in [0, 0.05) is 5.41 Å². The Balaban J connectivity index is 2.08. The van der Waals surface area contributed by atoms with Crippen molar-refractivity contribution in [1.29, 1.82) is 0 Å². The standard InChI is InChI=1S/C20H24N2O2S/c1-13(2)15-9-6-10-16-17(15)21-19(25-16)22(18(23)20(3,4)5)12-14-8-7-11-24-14/h6-11,13H,12H2,1-5H3. The number of carbonyl (C=O) groups excluding carboxylic acids is 1. The molecule has 0 aliphatic heterocycles. The summed E-state index contributed by atoms with van der Waals surface area (Å²) in [5, 5.41) is 0.722. The van der Waals surface area contributed by atoms with Crippen molar-refractivity contribution in [2.75, 3.05) is 4.90 Å². The van der Waals surface area contributed by atoms with Crippen molar-refractivity contribution in [2.24, 2.45) is 5.41 Å². The second kappa shape index (κ2) is 6.64.